The molecule has 1 unspecified atom stereocenters. The van der Waals surface area contributed by atoms with Crippen LogP contribution in [0, 0.1) is 6.92 Å². The average molecular weight is 290 g/mol. The van der Waals surface area contributed by atoms with Gasteiger partial charge in [0.05, 0.1) is 0 Å². The van der Waals surface area contributed by atoms with Crippen molar-refractivity contribution < 1.29 is 0 Å². The van der Waals surface area contributed by atoms with Gasteiger partial charge in [-0.2, -0.15) is 0 Å². The van der Waals surface area contributed by atoms with Gasteiger partial charge in [-0.25, -0.2) is 0 Å². The van der Waals surface area contributed by atoms with Gasteiger partial charge in [-0.3, -0.25) is 0 Å². The topological polar surface area (TPSA) is 15.3 Å². The van der Waals surface area contributed by atoms with Gasteiger partial charge in [0.2, 0.25) is 0 Å². The molecule has 0 amide bonds. The number of nitrogens with one attached hydrogen (secondary N) is 1. The Kier molecular flexibility index (Phi) is 8.44. The molecule has 0 aliphatic rings. The average Bonchev–Trinajstić information content (AvgIpc) is 2.49. The lowest BCUT2D eigenvalue weighted by atomic mass is 10.1. The maximum atomic E-state index is 3.56. The standard InChI is InChI=1S/C19H34N2/c1-6-9-13-21(17(5)8-3)19-11-10-16(4)14-18(19)15-20-12-7-2/h10-11,14,17,20H,6-9,12-13,15H2,1-5H3. The number of hydrogen-bond donors (Lipinski definition) is 1. The number of rotatable bonds is 10. The van der Waals surface area contributed by atoms with Crippen molar-refractivity contribution in [3.8, 4) is 0 Å². The van der Waals surface area contributed by atoms with E-state index in [1.807, 2.05) is 0 Å². The fourth-order valence-electron chi connectivity index (χ4n) is 2.66. The van der Waals surface area contributed by atoms with Gasteiger partial charge in [-0.1, -0.05) is 44.9 Å². The van der Waals surface area contributed by atoms with Gasteiger partial charge < -0.3 is 10.2 Å². The van der Waals surface area contributed by atoms with Crippen LogP contribution >= 0.6 is 0 Å². The highest BCUT2D eigenvalue weighted by molar-refractivity contribution is 5.55. The van der Waals surface area contributed by atoms with Crippen LogP contribution in [0.3, 0.4) is 0 Å². The third kappa shape index (κ3) is 5.70. The molecule has 0 radical (unpaired) electrons. The van der Waals surface area contributed by atoms with Crippen LogP contribution in [-0.2, 0) is 6.54 Å². The summed E-state index contributed by atoms with van der Waals surface area (Å²) in [6.07, 6.45) is 4.90. The van der Waals surface area contributed by atoms with Crippen molar-refractivity contribution in [3.05, 3.63) is 29.3 Å². The Labute approximate surface area is 131 Å². The molecule has 0 aliphatic carbocycles. The van der Waals surface area contributed by atoms with Crippen LogP contribution in [0.25, 0.3) is 0 Å². The maximum Gasteiger partial charge on any atom is 0.0414 e. The lowest BCUT2D eigenvalue weighted by molar-refractivity contribution is 0.590. The van der Waals surface area contributed by atoms with Crippen molar-refractivity contribution in [2.24, 2.45) is 0 Å². The van der Waals surface area contributed by atoms with E-state index < -0.39 is 0 Å². The molecule has 0 saturated heterocycles. The summed E-state index contributed by atoms with van der Waals surface area (Å²) in [5.41, 5.74) is 4.22. The number of benzene rings is 1. The molecule has 0 heterocycles. The molecule has 2 nitrogen and oxygen atoms in total. The summed E-state index contributed by atoms with van der Waals surface area (Å²) in [7, 11) is 0. The minimum atomic E-state index is 0.601. The summed E-state index contributed by atoms with van der Waals surface area (Å²) in [5.74, 6) is 0. The molecule has 1 rings (SSSR count). The van der Waals surface area contributed by atoms with Crippen LogP contribution in [0.1, 0.15) is 64.5 Å². The molecule has 1 atom stereocenters. The number of anilines is 1. The van der Waals surface area contributed by atoms with E-state index in [-0.39, 0.29) is 0 Å². The van der Waals surface area contributed by atoms with Gasteiger partial charge in [-0.05, 0) is 51.3 Å². The van der Waals surface area contributed by atoms with Gasteiger partial charge in [-0.15, -0.1) is 0 Å². The predicted octanol–water partition coefficient (Wildman–Crippen LogP) is 4.90. The fraction of sp³-hybridized carbons (Fsp3) is 0.684. The summed E-state index contributed by atoms with van der Waals surface area (Å²) in [5, 5.41) is 3.56. The maximum absolute atomic E-state index is 3.56. The van der Waals surface area contributed by atoms with Gasteiger partial charge in [0.1, 0.15) is 0 Å². The Morgan fingerprint density at radius 1 is 1.14 bits per heavy atom. The zero-order valence-corrected chi connectivity index (χ0v) is 14.7. The van der Waals surface area contributed by atoms with Crippen molar-refractivity contribution in [1.82, 2.24) is 5.32 Å². The summed E-state index contributed by atoms with van der Waals surface area (Å²) in [6, 6.07) is 7.52. The first-order chi connectivity index (χ1) is 10.1. The smallest absolute Gasteiger partial charge is 0.0414 e. The van der Waals surface area contributed by atoms with Crippen LogP contribution in [0.15, 0.2) is 18.2 Å². The molecular formula is C19H34N2. The Balaban J connectivity index is 2.98. The van der Waals surface area contributed by atoms with Crippen molar-refractivity contribution in [2.75, 3.05) is 18.0 Å². The third-order valence-electron chi connectivity index (χ3n) is 4.16. The van der Waals surface area contributed by atoms with Crippen LogP contribution in [-0.4, -0.2) is 19.1 Å². The van der Waals surface area contributed by atoms with E-state index in [2.05, 4.69) is 63.0 Å². The second-order valence-corrected chi connectivity index (χ2v) is 6.11. The highest BCUT2D eigenvalue weighted by atomic mass is 15.2. The molecule has 21 heavy (non-hydrogen) atoms. The lowest BCUT2D eigenvalue weighted by Crippen LogP contribution is -2.34. The zero-order chi connectivity index (χ0) is 15.7. The molecule has 2 heteroatoms. The summed E-state index contributed by atoms with van der Waals surface area (Å²) >= 11 is 0. The fourth-order valence-corrected chi connectivity index (χ4v) is 2.66. The first kappa shape index (κ1) is 18.0. The molecule has 0 saturated carbocycles. The van der Waals surface area contributed by atoms with Gasteiger partial charge in [0, 0.05) is 24.8 Å². The first-order valence-corrected chi connectivity index (χ1v) is 8.70. The van der Waals surface area contributed by atoms with E-state index >= 15 is 0 Å². The van der Waals surface area contributed by atoms with Crippen molar-refractivity contribution >= 4 is 5.69 Å². The second-order valence-electron chi connectivity index (χ2n) is 6.11. The predicted molar refractivity (Wildman–Crippen MR) is 95.2 cm³/mol. The van der Waals surface area contributed by atoms with Gasteiger partial charge in [0.15, 0.2) is 0 Å². The van der Waals surface area contributed by atoms with Crippen LogP contribution in [0.5, 0.6) is 0 Å². The van der Waals surface area contributed by atoms with Gasteiger partial charge in [0.25, 0.3) is 0 Å². The number of unbranched alkanes of at least 4 members (excludes halogenated alkanes) is 1. The molecule has 0 bridgehead atoms. The lowest BCUT2D eigenvalue weighted by Gasteiger charge is -2.33. The molecule has 120 valence electrons. The van der Waals surface area contributed by atoms with Crippen molar-refractivity contribution in [3.63, 3.8) is 0 Å². The van der Waals surface area contributed by atoms with Gasteiger partial charge >= 0.3 is 0 Å². The normalized spacial score (nSPS) is 12.4. The minimum absolute atomic E-state index is 0.601. The minimum Gasteiger partial charge on any atom is -0.369 e. The Morgan fingerprint density at radius 2 is 1.90 bits per heavy atom. The molecule has 1 aromatic rings. The summed E-state index contributed by atoms with van der Waals surface area (Å²) in [6.45, 7) is 14.5. The molecule has 0 fully saturated rings. The molecular weight excluding hydrogens is 256 g/mol. The van der Waals surface area contributed by atoms with Crippen LogP contribution in [0.4, 0.5) is 5.69 Å². The Morgan fingerprint density at radius 3 is 2.52 bits per heavy atom. The third-order valence-corrected chi connectivity index (χ3v) is 4.16. The zero-order valence-electron chi connectivity index (χ0n) is 14.7. The summed E-state index contributed by atoms with van der Waals surface area (Å²) in [4.78, 5) is 2.60. The van der Waals surface area contributed by atoms with E-state index in [1.54, 1.807) is 0 Å². The van der Waals surface area contributed by atoms with E-state index in [9.17, 15) is 0 Å². The molecule has 0 aliphatic heterocycles. The molecule has 1 N–H and O–H groups in total. The Bertz CT molecular complexity index is 401. The van der Waals surface area contributed by atoms with Crippen LogP contribution < -0.4 is 10.2 Å². The van der Waals surface area contributed by atoms with E-state index in [0.717, 1.165) is 19.6 Å². The number of aryl methyl sites for hydroxylation is 1. The first-order valence-electron chi connectivity index (χ1n) is 8.70. The summed E-state index contributed by atoms with van der Waals surface area (Å²) < 4.78 is 0. The monoisotopic (exact) mass is 290 g/mol. The Hall–Kier alpha value is -1.02. The number of hydrogen-bond acceptors (Lipinski definition) is 2. The quantitative estimate of drug-likeness (QED) is 0.617. The molecule has 0 aromatic heterocycles. The largest absolute Gasteiger partial charge is 0.369 e. The highest BCUT2D eigenvalue weighted by Gasteiger charge is 2.15. The molecule has 0 spiro atoms. The van der Waals surface area contributed by atoms with Crippen LogP contribution in [0.2, 0.25) is 0 Å². The highest BCUT2D eigenvalue weighted by Crippen LogP contribution is 2.25. The SMILES string of the molecule is CCCCN(c1ccc(C)cc1CNCCC)C(C)CC. The molecule has 1 aromatic carbocycles. The van der Waals surface area contributed by atoms with E-state index in [4.69, 9.17) is 0 Å². The number of nitrogens with zero attached hydrogens (tertiary/aromatic N) is 1. The van der Waals surface area contributed by atoms with Crippen molar-refractivity contribution in [2.45, 2.75) is 72.9 Å². The van der Waals surface area contributed by atoms with Crippen molar-refractivity contribution in [1.29, 1.82) is 0 Å². The second kappa shape index (κ2) is 9.83. The van der Waals surface area contributed by atoms with E-state index in [1.165, 1.54) is 42.5 Å². The van der Waals surface area contributed by atoms with E-state index in [0.29, 0.717) is 6.04 Å².